The van der Waals surface area contributed by atoms with Gasteiger partial charge in [-0.2, -0.15) is 0 Å². The van der Waals surface area contributed by atoms with E-state index in [-0.39, 0.29) is 19.1 Å². The van der Waals surface area contributed by atoms with Gasteiger partial charge < -0.3 is 30.5 Å². The lowest BCUT2D eigenvalue weighted by atomic mass is 9.88. The number of amides is 1. The van der Waals surface area contributed by atoms with Crippen LogP contribution in [0.2, 0.25) is 0 Å². The molecule has 0 radical (unpaired) electrons. The van der Waals surface area contributed by atoms with E-state index in [0.29, 0.717) is 32.5 Å². The van der Waals surface area contributed by atoms with E-state index in [1.54, 1.807) is 13.3 Å². The number of pyridine rings is 1. The molecular weight excluding hydrogens is 432 g/mol. The monoisotopic (exact) mass is 464 g/mol. The standard InChI is InChI=1S/C26H32N4O4/c1-34-20-7-8-23-22(15-20)21(9-12-27-23)24(32)17-30-13-10-26(18-31,11-14-30)28-16-25(33)29-19-5-3-2-4-6-19/h2-9,12,15,24,28,31-32H,10-11,13-14,16-18H2,1H3,(H,29,33)/t24-/m0/s1. The zero-order valence-electron chi connectivity index (χ0n) is 19.4. The third-order valence-corrected chi connectivity index (χ3v) is 6.57. The number of rotatable bonds is 9. The molecule has 4 rings (SSSR count). The van der Waals surface area contributed by atoms with Gasteiger partial charge in [-0.3, -0.25) is 9.78 Å². The predicted molar refractivity (Wildman–Crippen MR) is 132 cm³/mol. The zero-order chi connectivity index (χ0) is 24.0. The van der Waals surface area contributed by atoms with Gasteiger partial charge >= 0.3 is 0 Å². The van der Waals surface area contributed by atoms with Crippen molar-refractivity contribution >= 4 is 22.5 Å². The molecule has 2 aromatic carbocycles. The number of β-amino-alcohol motifs (C(OH)–C–C–N with tert-alkyl or cyclic N) is 1. The van der Waals surface area contributed by atoms with Gasteiger partial charge in [0.1, 0.15) is 5.75 Å². The number of ether oxygens (including phenoxy) is 1. The quantitative estimate of drug-likeness (QED) is 0.385. The van der Waals surface area contributed by atoms with Crippen LogP contribution < -0.4 is 15.4 Å². The van der Waals surface area contributed by atoms with E-state index < -0.39 is 11.6 Å². The van der Waals surface area contributed by atoms with Crippen LogP contribution in [0.4, 0.5) is 5.69 Å². The van der Waals surface area contributed by atoms with Crippen molar-refractivity contribution in [2.24, 2.45) is 0 Å². The zero-order valence-corrected chi connectivity index (χ0v) is 19.4. The van der Waals surface area contributed by atoms with Crippen molar-refractivity contribution in [3.05, 3.63) is 66.4 Å². The van der Waals surface area contributed by atoms with Gasteiger partial charge in [-0.05, 0) is 54.8 Å². The van der Waals surface area contributed by atoms with Crippen molar-refractivity contribution in [3.63, 3.8) is 0 Å². The number of aliphatic hydroxyl groups is 2. The number of methoxy groups -OCH3 is 1. The third-order valence-electron chi connectivity index (χ3n) is 6.57. The number of nitrogens with zero attached hydrogens (tertiary/aromatic N) is 2. The molecule has 1 aliphatic heterocycles. The first-order valence-electron chi connectivity index (χ1n) is 11.6. The minimum absolute atomic E-state index is 0.0448. The average molecular weight is 465 g/mol. The van der Waals surface area contributed by atoms with Gasteiger partial charge in [0, 0.05) is 42.4 Å². The van der Waals surface area contributed by atoms with Crippen LogP contribution in [0.25, 0.3) is 10.9 Å². The van der Waals surface area contributed by atoms with Gasteiger partial charge in [0.25, 0.3) is 0 Å². The number of likely N-dealkylation sites (tertiary alicyclic amines) is 1. The summed E-state index contributed by atoms with van der Waals surface area (Å²) in [4.78, 5) is 18.9. The van der Waals surface area contributed by atoms with Crippen LogP contribution in [-0.2, 0) is 4.79 Å². The number of carbonyl (C=O) groups is 1. The molecule has 8 heteroatoms. The number of piperidine rings is 1. The lowest BCUT2D eigenvalue weighted by Crippen LogP contribution is -2.57. The molecule has 0 bridgehead atoms. The van der Waals surface area contributed by atoms with E-state index in [1.165, 1.54) is 0 Å². The van der Waals surface area contributed by atoms with Crippen molar-refractivity contribution < 1.29 is 19.7 Å². The highest BCUT2D eigenvalue weighted by atomic mass is 16.5. The van der Waals surface area contributed by atoms with Crippen LogP contribution in [-0.4, -0.2) is 71.4 Å². The second-order valence-electron chi connectivity index (χ2n) is 8.81. The Morgan fingerprint density at radius 1 is 1.18 bits per heavy atom. The number of nitrogens with one attached hydrogen (secondary N) is 2. The van der Waals surface area contributed by atoms with E-state index in [9.17, 15) is 15.0 Å². The summed E-state index contributed by atoms with van der Waals surface area (Å²) < 4.78 is 5.34. The molecule has 180 valence electrons. The molecule has 4 N–H and O–H groups in total. The average Bonchev–Trinajstić information content (AvgIpc) is 2.88. The number of aromatic nitrogens is 1. The Bertz CT molecular complexity index is 1100. The number of anilines is 1. The number of hydrogen-bond acceptors (Lipinski definition) is 7. The van der Waals surface area contributed by atoms with Gasteiger partial charge in [-0.25, -0.2) is 0 Å². The normalized spacial score (nSPS) is 16.8. The minimum atomic E-state index is -0.677. The lowest BCUT2D eigenvalue weighted by molar-refractivity contribution is -0.116. The molecule has 8 nitrogen and oxygen atoms in total. The summed E-state index contributed by atoms with van der Waals surface area (Å²) >= 11 is 0. The first-order chi connectivity index (χ1) is 16.5. The van der Waals surface area contributed by atoms with Crippen LogP contribution >= 0.6 is 0 Å². The fourth-order valence-electron chi connectivity index (χ4n) is 4.46. The molecule has 1 aromatic heterocycles. The van der Waals surface area contributed by atoms with Gasteiger partial charge in [-0.1, -0.05) is 18.2 Å². The number of carbonyl (C=O) groups excluding carboxylic acids is 1. The molecule has 3 aromatic rings. The Kier molecular flexibility index (Phi) is 7.74. The molecule has 0 saturated carbocycles. The Hall–Kier alpha value is -3.04. The maximum absolute atomic E-state index is 12.3. The first-order valence-corrected chi connectivity index (χ1v) is 11.6. The second-order valence-corrected chi connectivity index (χ2v) is 8.81. The summed E-state index contributed by atoms with van der Waals surface area (Å²) in [5, 5.41) is 28.1. The summed E-state index contributed by atoms with van der Waals surface area (Å²) in [5.74, 6) is 0.582. The first kappa shape index (κ1) is 24.1. The largest absolute Gasteiger partial charge is 0.497 e. The predicted octanol–water partition coefficient (Wildman–Crippen LogP) is 2.33. The molecular formula is C26H32N4O4. The van der Waals surface area contributed by atoms with Crippen LogP contribution in [0, 0.1) is 0 Å². The molecule has 1 aliphatic rings. The molecule has 0 unspecified atom stereocenters. The number of fused-ring (bicyclic) bond motifs is 1. The molecule has 1 saturated heterocycles. The number of para-hydroxylation sites is 1. The molecule has 0 aliphatic carbocycles. The fraction of sp³-hybridized carbons (Fsp3) is 0.385. The highest BCUT2D eigenvalue weighted by molar-refractivity contribution is 5.92. The van der Waals surface area contributed by atoms with Crippen molar-refractivity contribution in [2.75, 3.05) is 45.2 Å². The van der Waals surface area contributed by atoms with Gasteiger partial charge in [0.2, 0.25) is 5.91 Å². The molecule has 1 fully saturated rings. The van der Waals surface area contributed by atoms with E-state index in [4.69, 9.17) is 4.74 Å². The molecule has 1 amide bonds. The topological polar surface area (TPSA) is 107 Å². The number of aliphatic hydroxyl groups excluding tert-OH is 2. The summed E-state index contributed by atoms with van der Waals surface area (Å²) in [5.41, 5.74) is 1.87. The van der Waals surface area contributed by atoms with Crippen molar-refractivity contribution in [1.82, 2.24) is 15.2 Å². The highest BCUT2D eigenvalue weighted by Gasteiger charge is 2.34. The summed E-state index contributed by atoms with van der Waals surface area (Å²) in [6, 6.07) is 16.8. The Morgan fingerprint density at radius 3 is 2.65 bits per heavy atom. The molecule has 2 heterocycles. The molecule has 1 atom stereocenters. The maximum Gasteiger partial charge on any atom is 0.238 e. The second kappa shape index (κ2) is 10.9. The highest BCUT2D eigenvalue weighted by Crippen LogP contribution is 2.29. The number of hydrogen-bond donors (Lipinski definition) is 4. The van der Waals surface area contributed by atoms with Crippen LogP contribution in [0.3, 0.4) is 0 Å². The SMILES string of the molecule is COc1ccc2nccc([C@@H](O)CN3CCC(CO)(NCC(=O)Nc4ccccc4)CC3)c2c1. The lowest BCUT2D eigenvalue weighted by Gasteiger charge is -2.42. The molecule has 0 spiro atoms. The molecule has 34 heavy (non-hydrogen) atoms. The van der Waals surface area contributed by atoms with Gasteiger partial charge in [0.05, 0.1) is 31.9 Å². The van der Waals surface area contributed by atoms with E-state index in [0.717, 1.165) is 27.9 Å². The van der Waals surface area contributed by atoms with Crippen molar-refractivity contribution in [2.45, 2.75) is 24.5 Å². The van der Waals surface area contributed by atoms with Crippen molar-refractivity contribution in [3.8, 4) is 5.75 Å². The van der Waals surface area contributed by atoms with E-state index in [2.05, 4.69) is 20.5 Å². The Balaban J connectivity index is 1.33. The maximum atomic E-state index is 12.3. The fourth-order valence-corrected chi connectivity index (χ4v) is 4.46. The van der Waals surface area contributed by atoms with Gasteiger partial charge in [-0.15, -0.1) is 0 Å². The number of benzene rings is 2. The third kappa shape index (κ3) is 5.71. The van der Waals surface area contributed by atoms with Crippen LogP contribution in [0.5, 0.6) is 5.75 Å². The van der Waals surface area contributed by atoms with Crippen LogP contribution in [0.15, 0.2) is 60.8 Å². The summed E-state index contributed by atoms with van der Waals surface area (Å²) in [6.07, 6.45) is 2.40. The van der Waals surface area contributed by atoms with Crippen molar-refractivity contribution in [1.29, 1.82) is 0 Å². The Morgan fingerprint density at radius 2 is 1.94 bits per heavy atom. The Labute approximate surface area is 199 Å². The summed E-state index contributed by atoms with van der Waals surface area (Å²) in [6.45, 7) is 1.97. The van der Waals surface area contributed by atoms with Gasteiger partial charge in [0.15, 0.2) is 0 Å². The smallest absolute Gasteiger partial charge is 0.238 e. The minimum Gasteiger partial charge on any atom is -0.497 e. The van der Waals surface area contributed by atoms with E-state index >= 15 is 0 Å². The summed E-state index contributed by atoms with van der Waals surface area (Å²) in [7, 11) is 1.62. The van der Waals surface area contributed by atoms with Crippen LogP contribution in [0.1, 0.15) is 24.5 Å². The van der Waals surface area contributed by atoms with E-state index in [1.807, 2.05) is 54.6 Å².